The maximum Gasteiger partial charge on any atom is 0.191 e. The second-order valence-corrected chi connectivity index (χ2v) is 7.59. The van der Waals surface area contributed by atoms with Crippen molar-refractivity contribution in [3.05, 3.63) is 52.4 Å². The zero-order valence-electron chi connectivity index (χ0n) is 15.0. The van der Waals surface area contributed by atoms with E-state index in [0.717, 1.165) is 49.9 Å². The fourth-order valence-corrected chi connectivity index (χ4v) is 3.97. The summed E-state index contributed by atoms with van der Waals surface area (Å²) in [7, 11) is 1.83. The predicted octanol–water partition coefficient (Wildman–Crippen LogP) is 4.40. The largest absolute Gasteiger partial charge is 0.363 e. The van der Waals surface area contributed by atoms with Gasteiger partial charge in [-0.15, -0.1) is 35.3 Å². The van der Waals surface area contributed by atoms with E-state index in [0.29, 0.717) is 6.04 Å². The first-order valence-electron chi connectivity index (χ1n) is 8.74. The quantitative estimate of drug-likeness (QED) is 0.360. The number of thiophene rings is 1. The van der Waals surface area contributed by atoms with Crippen molar-refractivity contribution in [2.45, 2.75) is 25.3 Å². The monoisotopic (exact) mass is 504 g/mol. The Hall–Kier alpha value is -0.990. The summed E-state index contributed by atoms with van der Waals surface area (Å²) >= 11 is 7.74. The molecular weight excluding hydrogens is 479 g/mol. The molecule has 0 unspecified atom stereocenters. The zero-order valence-corrected chi connectivity index (χ0v) is 18.9. The summed E-state index contributed by atoms with van der Waals surface area (Å²) in [6.07, 6.45) is 3.22. The van der Waals surface area contributed by atoms with E-state index < -0.39 is 0 Å². The molecule has 1 aromatic carbocycles. The molecule has 1 aliphatic heterocycles. The molecule has 0 spiro atoms. The number of anilines is 1. The molecule has 0 atom stereocenters. The average molecular weight is 505 g/mol. The van der Waals surface area contributed by atoms with E-state index in [4.69, 9.17) is 11.6 Å². The molecule has 26 heavy (non-hydrogen) atoms. The van der Waals surface area contributed by atoms with Gasteiger partial charge in [-0.1, -0.05) is 23.7 Å². The van der Waals surface area contributed by atoms with Gasteiger partial charge in [-0.3, -0.25) is 4.99 Å². The first-order chi connectivity index (χ1) is 12.2. The van der Waals surface area contributed by atoms with Gasteiger partial charge < -0.3 is 15.5 Å². The molecule has 1 fully saturated rings. The molecule has 2 N–H and O–H groups in total. The molecule has 142 valence electrons. The minimum atomic E-state index is 0. The van der Waals surface area contributed by atoms with E-state index in [1.807, 2.05) is 30.5 Å². The van der Waals surface area contributed by atoms with Gasteiger partial charge >= 0.3 is 0 Å². The van der Waals surface area contributed by atoms with Crippen LogP contribution in [0.3, 0.4) is 0 Å². The van der Waals surface area contributed by atoms with Crippen molar-refractivity contribution in [2.75, 3.05) is 31.6 Å². The number of guanidine groups is 1. The standard InChI is InChI=1S/C19H25ClN4S.HI/c1-21-19(22-11-8-15-4-6-16(20)7-5-15)23-17-9-12-24(13-10-17)18-3-2-14-25-18;/h2-7,14,17H,8-13H2,1H3,(H2,21,22,23);1H. The second-order valence-electron chi connectivity index (χ2n) is 6.23. The fourth-order valence-electron chi connectivity index (χ4n) is 3.06. The van der Waals surface area contributed by atoms with Crippen molar-refractivity contribution in [3.63, 3.8) is 0 Å². The highest BCUT2D eigenvalue weighted by Crippen LogP contribution is 2.24. The SMILES string of the molecule is CN=C(NCCc1ccc(Cl)cc1)NC1CCN(c2cccs2)CC1.I. The van der Waals surface area contributed by atoms with Crippen molar-refractivity contribution >= 4 is 57.9 Å². The molecule has 1 aliphatic rings. The summed E-state index contributed by atoms with van der Waals surface area (Å²) in [6.45, 7) is 3.05. The van der Waals surface area contributed by atoms with E-state index in [9.17, 15) is 0 Å². The summed E-state index contributed by atoms with van der Waals surface area (Å²) in [5.74, 6) is 0.892. The van der Waals surface area contributed by atoms with Gasteiger partial charge in [0.05, 0.1) is 5.00 Å². The molecule has 0 bridgehead atoms. The molecule has 0 saturated carbocycles. The molecule has 0 amide bonds. The molecule has 7 heteroatoms. The summed E-state index contributed by atoms with van der Waals surface area (Å²) < 4.78 is 0. The van der Waals surface area contributed by atoms with Crippen LogP contribution in [0.2, 0.25) is 5.02 Å². The third kappa shape index (κ3) is 6.32. The van der Waals surface area contributed by atoms with E-state index in [2.05, 4.69) is 50.2 Å². The van der Waals surface area contributed by atoms with Crippen LogP contribution in [0.1, 0.15) is 18.4 Å². The number of nitrogens with zero attached hydrogens (tertiary/aromatic N) is 2. The lowest BCUT2D eigenvalue weighted by atomic mass is 10.1. The number of rotatable bonds is 5. The van der Waals surface area contributed by atoms with Crippen LogP contribution in [-0.4, -0.2) is 38.7 Å². The van der Waals surface area contributed by atoms with Crippen LogP contribution in [0.25, 0.3) is 0 Å². The molecule has 1 saturated heterocycles. The lowest BCUT2D eigenvalue weighted by Gasteiger charge is -2.33. The van der Waals surface area contributed by atoms with Gasteiger partial charge in [0, 0.05) is 37.7 Å². The highest BCUT2D eigenvalue weighted by Gasteiger charge is 2.20. The Morgan fingerprint density at radius 2 is 1.96 bits per heavy atom. The minimum absolute atomic E-state index is 0. The third-order valence-electron chi connectivity index (χ3n) is 4.50. The molecular formula is C19H26ClIN4S. The Kier molecular flexibility index (Phi) is 9.01. The van der Waals surface area contributed by atoms with Crippen molar-refractivity contribution in [1.29, 1.82) is 0 Å². The number of hydrogen-bond donors (Lipinski definition) is 2. The van der Waals surface area contributed by atoms with Crippen LogP contribution in [0, 0.1) is 0 Å². The van der Waals surface area contributed by atoms with Crippen LogP contribution in [0.4, 0.5) is 5.00 Å². The van der Waals surface area contributed by atoms with Crippen molar-refractivity contribution < 1.29 is 0 Å². The Bertz CT molecular complexity index is 667. The van der Waals surface area contributed by atoms with E-state index >= 15 is 0 Å². The highest BCUT2D eigenvalue weighted by molar-refractivity contribution is 14.0. The van der Waals surface area contributed by atoms with Gasteiger partial charge in [0.25, 0.3) is 0 Å². The summed E-state index contributed by atoms with van der Waals surface area (Å²) in [4.78, 5) is 6.83. The van der Waals surface area contributed by atoms with Gasteiger partial charge in [0.15, 0.2) is 5.96 Å². The lowest BCUT2D eigenvalue weighted by molar-refractivity contribution is 0.463. The molecule has 4 nitrogen and oxygen atoms in total. The number of hydrogen-bond acceptors (Lipinski definition) is 3. The zero-order chi connectivity index (χ0) is 17.5. The van der Waals surface area contributed by atoms with E-state index in [1.54, 1.807) is 0 Å². The van der Waals surface area contributed by atoms with Crippen LogP contribution in [-0.2, 0) is 6.42 Å². The smallest absolute Gasteiger partial charge is 0.191 e. The van der Waals surface area contributed by atoms with Crippen molar-refractivity contribution in [2.24, 2.45) is 4.99 Å². The first-order valence-corrected chi connectivity index (χ1v) is 10.0. The number of aliphatic imine (C=N–C) groups is 1. The normalized spacial score (nSPS) is 15.5. The first kappa shape index (κ1) is 21.3. The summed E-state index contributed by atoms with van der Waals surface area (Å²) in [5, 5.41) is 11.3. The molecule has 1 aromatic heterocycles. The van der Waals surface area contributed by atoms with E-state index in [1.165, 1.54) is 10.6 Å². The van der Waals surface area contributed by atoms with Crippen LogP contribution in [0.15, 0.2) is 46.8 Å². The topological polar surface area (TPSA) is 39.7 Å². The van der Waals surface area contributed by atoms with Gasteiger partial charge in [0.1, 0.15) is 0 Å². The third-order valence-corrected chi connectivity index (χ3v) is 5.68. The molecule has 2 heterocycles. The number of halogens is 2. The molecule has 0 radical (unpaired) electrons. The Morgan fingerprint density at radius 3 is 2.58 bits per heavy atom. The van der Waals surface area contributed by atoms with Crippen molar-refractivity contribution in [1.82, 2.24) is 10.6 Å². The average Bonchev–Trinajstić information content (AvgIpc) is 3.18. The predicted molar refractivity (Wildman–Crippen MR) is 125 cm³/mol. The van der Waals surface area contributed by atoms with Crippen LogP contribution in [0.5, 0.6) is 0 Å². The Labute approximate surface area is 182 Å². The summed E-state index contributed by atoms with van der Waals surface area (Å²) in [5.41, 5.74) is 1.27. The van der Waals surface area contributed by atoms with Gasteiger partial charge in [-0.25, -0.2) is 0 Å². The van der Waals surface area contributed by atoms with E-state index in [-0.39, 0.29) is 24.0 Å². The lowest BCUT2D eigenvalue weighted by Crippen LogP contribution is -2.49. The van der Waals surface area contributed by atoms with Gasteiger partial charge in [-0.2, -0.15) is 0 Å². The highest BCUT2D eigenvalue weighted by atomic mass is 127. The Balaban J connectivity index is 0.00000243. The fraction of sp³-hybridized carbons (Fsp3) is 0.421. The molecule has 2 aromatic rings. The van der Waals surface area contributed by atoms with Crippen molar-refractivity contribution in [3.8, 4) is 0 Å². The Morgan fingerprint density at radius 1 is 1.23 bits per heavy atom. The number of piperidine rings is 1. The summed E-state index contributed by atoms with van der Waals surface area (Å²) in [6, 6.07) is 12.8. The second kappa shape index (κ2) is 11.0. The van der Waals surface area contributed by atoms with Gasteiger partial charge in [0.2, 0.25) is 0 Å². The molecule has 0 aliphatic carbocycles. The van der Waals surface area contributed by atoms with Crippen LogP contribution >= 0.6 is 46.9 Å². The maximum absolute atomic E-state index is 5.92. The van der Waals surface area contributed by atoms with Crippen LogP contribution < -0.4 is 15.5 Å². The molecule has 3 rings (SSSR count). The minimum Gasteiger partial charge on any atom is -0.363 e. The van der Waals surface area contributed by atoms with Gasteiger partial charge in [-0.05, 0) is 54.5 Å². The maximum atomic E-state index is 5.92. The number of benzene rings is 1. The number of nitrogens with one attached hydrogen (secondary N) is 2.